The largest absolute Gasteiger partial charge is 0.459 e. The molecule has 1 aliphatic rings. The molecule has 1 saturated carbocycles. The molecule has 0 radical (unpaired) electrons. The van der Waals surface area contributed by atoms with Crippen LogP contribution in [-0.4, -0.2) is 30.3 Å². The highest BCUT2D eigenvalue weighted by molar-refractivity contribution is 6.04. The SMILES string of the molecule is O=C(NCC(=O)N(c1cccc(F)c1)C(C(=O)NC1CCCCC1)c1ccccc1F)c1ccco1. The van der Waals surface area contributed by atoms with Crippen LogP contribution < -0.4 is 15.5 Å². The lowest BCUT2D eigenvalue weighted by molar-refractivity contribution is -0.127. The fourth-order valence-corrected chi connectivity index (χ4v) is 4.42. The van der Waals surface area contributed by atoms with Crippen molar-refractivity contribution in [3.05, 3.63) is 89.9 Å². The van der Waals surface area contributed by atoms with Crippen molar-refractivity contribution in [2.75, 3.05) is 11.4 Å². The molecule has 1 aliphatic carbocycles. The molecule has 0 bridgehead atoms. The Morgan fingerprint density at radius 1 is 0.972 bits per heavy atom. The van der Waals surface area contributed by atoms with Gasteiger partial charge >= 0.3 is 0 Å². The molecule has 3 aromatic rings. The fourth-order valence-electron chi connectivity index (χ4n) is 4.42. The summed E-state index contributed by atoms with van der Waals surface area (Å²) in [5.74, 6) is -3.27. The zero-order valence-electron chi connectivity index (χ0n) is 19.6. The van der Waals surface area contributed by atoms with Crippen LogP contribution in [0.15, 0.2) is 71.3 Å². The number of nitrogens with one attached hydrogen (secondary N) is 2. The maximum absolute atomic E-state index is 15.0. The van der Waals surface area contributed by atoms with Crippen LogP contribution in [0.5, 0.6) is 0 Å². The smallest absolute Gasteiger partial charge is 0.287 e. The Labute approximate surface area is 207 Å². The van der Waals surface area contributed by atoms with Gasteiger partial charge in [0, 0.05) is 17.3 Å². The average molecular weight is 496 g/mol. The Morgan fingerprint density at radius 3 is 2.44 bits per heavy atom. The van der Waals surface area contributed by atoms with E-state index in [0.29, 0.717) is 0 Å². The molecule has 2 aromatic carbocycles. The molecule has 3 amide bonds. The number of carbonyl (C=O) groups is 3. The van der Waals surface area contributed by atoms with E-state index < -0.39 is 41.9 Å². The van der Waals surface area contributed by atoms with Crippen LogP contribution in [0, 0.1) is 11.6 Å². The predicted molar refractivity (Wildman–Crippen MR) is 129 cm³/mol. The molecule has 36 heavy (non-hydrogen) atoms. The van der Waals surface area contributed by atoms with Crippen LogP contribution >= 0.6 is 0 Å². The molecule has 1 aromatic heterocycles. The maximum atomic E-state index is 15.0. The van der Waals surface area contributed by atoms with Gasteiger partial charge in [-0.05, 0) is 49.2 Å². The Kier molecular flexibility index (Phi) is 8.10. The number of hydrogen-bond acceptors (Lipinski definition) is 4. The second-order valence-corrected chi connectivity index (χ2v) is 8.67. The summed E-state index contributed by atoms with van der Waals surface area (Å²) in [6.45, 7) is -0.530. The van der Waals surface area contributed by atoms with E-state index in [4.69, 9.17) is 4.42 Å². The van der Waals surface area contributed by atoms with Gasteiger partial charge in [-0.15, -0.1) is 0 Å². The van der Waals surface area contributed by atoms with Gasteiger partial charge in [-0.2, -0.15) is 0 Å². The second kappa shape index (κ2) is 11.6. The third-order valence-electron chi connectivity index (χ3n) is 6.16. The second-order valence-electron chi connectivity index (χ2n) is 8.67. The number of amides is 3. The summed E-state index contributed by atoms with van der Waals surface area (Å²) in [5.41, 5.74) is 0.0140. The summed E-state index contributed by atoms with van der Waals surface area (Å²) in [6, 6.07) is 12.2. The highest BCUT2D eigenvalue weighted by Gasteiger charge is 2.36. The molecule has 0 aliphatic heterocycles. The van der Waals surface area contributed by atoms with Crippen LogP contribution in [0.25, 0.3) is 0 Å². The first-order valence-corrected chi connectivity index (χ1v) is 11.9. The zero-order chi connectivity index (χ0) is 25.5. The van der Waals surface area contributed by atoms with Gasteiger partial charge in [-0.1, -0.05) is 43.5 Å². The third-order valence-corrected chi connectivity index (χ3v) is 6.16. The van der Waals surface area contributed by atoms with Gasteiger partial charge in [-0.3, -0.25) is 19.3 Å². The number of hydrogen-bond donors (Lipinski definition) is 2. The number of nitrogens with zero attached hydrogens (tertiary/aromatic N) is 1. The number of benzene rings is 2. The van der Waals surface area contributed by atoms with Gasteiger partial charge in [-0.25, -0.2) is 8.78 Å². The number of furan rings is 1. The Bertz CT molecular complexity index is 1210. The van der Waals surface area contributed by atoms with Crippen LogP contribution in [0.2, 0.25) is 0 Å². The molecule has 188 valence electrons. The number of rotatable bonds is 8. The van der Waals surface area contributed by atoms with Gasteiger partial charge < -0.3 is 15.1 Å². The van der Waals surface area contributed by atoms with Gasteiger partial charge in [0.1, 0.15) is 17.7 Å². The molecule has 0 saturated heterocycles. The van der Waals surface area contributed by atoms with Crippen molar-refractivity contribution in [1.82, 2.24) is 10.6 Å². The Balaban J connectivity index is 1.69. The number of halogens is 2. The van der Waals surface area contributed by atoms with E-state index in [1.807, 2.05) is 0 Å². The maximum Gasteiger partial charge on any atom is 0.287 e. The van der Waals surface area contributed by atoms with Crippen LogP contribution in [0.3, 0.4) is 0 Å². The monoisotopic (exact) mass is 495 g/mol. The van der Waals surface area contributed by atoms with E-state index in [-0.39, 0.29) is 23.1 Å². The van der Waals surface area contributed by atoms with Crippen molar-refractivity contribution < 1.29 is 27.6 Å². The average Bonchev–Trinajstić information content (AvgIpc) is 3.42. The van der Waals surface area contributed by atoms with Crippen molar-refractivity contribution in [1.29, 1.82) is 0 Å². The fraction of sp³-hybridized carbons (Fsp3) is 0.296. The van der Waals surface area contributed by atoms with E-state index in [1.165, 1.54) is 54.8 Å². The number of anilines is 1. The molecule has 1 unspecified atom stereocenters. The molecular weight excluding hydrogens is 468 g/mol. The quantitative estimate of drug-likeness (QED) is 0.481. The molecule has 4 rings (SSSR count). The minimum Gasteiger partial charge on any atom is -0.459 e. The molecule has 9 heteroatoms. The van der Waals surface area contributed by atoms with Gasteiger partial charge in [0.15, 0.2) is 5.76 Å². The topological polar surface area (TPSA) is 91.7 Å². The summed E-state index contributed by atoms with van der Waals surface area (Å²) in [7, 11) is 0. The summed E-state index contributed by atoms with van der Waals surface area (Å²) < 4.78 is 34.3. The summed E-state index contributed by atoms with van der Waals surface area (Å²) in [5, 5.41) is 5.40. The summed E-state index contributed by atoms with van der Waals surface area (Å²) in [6.07, 6.45) is 5.87. The molecular formula is C27H27F2N3O4. The lowest BCUT2D eigenvalue weighted by Crippen LogP contribution is -2.50. The molecule has 2 N–H and O–H groups in total. The first-order chi connectivity index (χ1) is 17.4. The molecule has 1 fully saturated rings. The zero-order valence-corrected chi connectivity index (χ0v) is 19.6. The molecule has 1 heterocycles. The minimum absolute atomic E-state index is 0.000742. The standard InChI is InChI=1S/C27H27F2N3O4/c28-18-8-6-11-20(16-18)32(24(33)17-30-26(34)23-14-7-15-36-23)25(21-12-4-5-13-22(21)29)27(35)31-19-9-2-1-3-10-19/h4-8,11-16,19,25H,1-3,9-10,17H2,(H,30,34)(H,31,35). The predicted octanol–water partition coefficient (Wildman–Crippen LogP) is 4.51. The molecule has 7 nitrogen and oxygen atoms in total. The summed E-state index contributed by atoms with van der Waals surface area (Å²) in [4.78, 5) is 40.5. The van der Waals surface area contributed by atoms with Crippen molar-refractivity contribution >= 4 is 23.4 Å². The first kappa shape index (κ1) is 25.1. The first-order valence-electron chi connectivity index (χ1n) is 11.9. The van der Waals surface area contributed by atoms with E-state index in [2.05, 4.69) is 10.6 Å². The van der Waals surface area contributed by atoms with Crippen molar-refractivity contribution in [3.8, 4) is 0 Å². The highest BCUT2D eigenvalue weighted by atomic mass is 19.1. The van der Waals surface area contributed by atoms with E-state index in [0.717, 1.165) is 43.1 Å². The lowest BCUT2D eigenvalue weighted by atomic mass is 9.94. The van der Waals surface area contributed by atoms with Crippen LogP contribution in [0.1, 0.15) is 54.3 Å². The van der Waals surface area contributed by atoms with E-state index in [9.17, 15) is 18.8 Å². The van der Waals surface area contributed by atoms with E-state index in [1.54, 1.807) is 6.07 Å². The van der Waals surface area contributed by atoms with Gasteiger partial charge in [0.05, 0.1) is 12.8 Å². The Morgan fingerprint density at radius 2 is 1.75 bits per heavy atom. The minimum atomic E-state index is -1.43. The summed E-state index contributed by atoms with van der Waals surface area (Å²) >= 11 is 0. The van der Waals surface area contributed by atoms with E-state index >= 15 is 4.39 Å². The third kappa shape index (κ3) is 5.97. The highest BCUT2D eigenvalue weighted by Crippen LogP contribution is 2.31. The van der Waals surface area contributed by atoms with Gasteiger partial charge in [0.25, 0.3) is 5.91 Å². The molecule has 1 atom stereocenters. The normalized spacial score (nSPS) is 14.6. The van der Waals surface area contributed by atoms with Crippen LogP contribution in [-0.2, 0) is 9.59 Å². The van der Waals surface area contributed by atoms with Crippen LogP contribution in [0.4, 0.5) is 14.5 Å². The van der Waals surface area contributed by atoms with Crippen molar-refractivity contribution in [3.63, 3.8) is 0 Å². The lowest BCUT2D eigenvalue weighted by Gasteiger charge is -2.33. The Hall–Kier alpha value is -4.01. The number of carbonyl (C=O) groups excluding carboxylic acids is 3. The van der Waals surface area contributed by atoms with Gasteiger partial charge in [0.2, 0.25) is 11.8 Å². The van der Waals surface area contributed by atoms with Crippen molar-refractivity contribution in [2.24, 2.45) is 0 Å². The van der Waals surface area contributed by atoms with Crippen molar-refractivity contribution in [2.45, 2.75) is 44.2 Å². The molecule has 0 spiro atoms.